The number of carbonyl (C=O) groups excluding carboxylic acids is 2. The number of hydrogen-bond acceptors (Lipinski definition) is 5. The van der Waals surface area contributed by atoms with Gasteiger partial charge < -0.3 is 19.9 Å². The van der Waals surface area contributed by atoms with Crippen LogP contribution < -0.4 is 5.32 Å². The highest BCUT2D eigenvalue weighted by Gasteiger charge is 2.31. The Labute approximate surface area is 148 Å². The van der Waals surface area contributed by atoms with E-state index in [0.29, 0.717) is 17.3 Å². The van der Waals surface area contributed by atoms with E-state index >= 15 is 0 Å². The third-order valence-electron chi connectivity index (χ3n) is 5.04. The summed E-state index contributed by atoms with van der Waals surface area (Å²) in [5, 5.41) is 2.89. The van der Waals surface area contributed by atoms with Crippen molar-refractivity contribution in [2.24, 2.45) is 0 Å². The smallest absolute Gasteiger partial charge is 0.337 e. The third kappa shape index (κ3) is 4.29. The van der Waals surface area contributed by atoms with E-state index in [2.05, 4.69) is 22.2 Å². The van der Waals surface area contributed by atoms with Gasteiger partial charge in [-0.15, -0.1) is 0 Å². The summed E-state index contributed by atoms with van der Waals surface area (Å²) in [4.78, 5) is 30.8. The summed E-state index contributed by atoms with van der Waals surface area (Å²) in [6, 6.07) is 7.15. The van der Waals surface area contributed by atoms with Crippen molar-refractivity contribution in [1.82, 2.24) is 14.7 Å². The second-order valence-electron chi connectivity index (χ2n) is 6.73. The number of methoxy groups -OCH3 is 1. The predicted octanol–water partition coefficient (Wildman–Crippen LogP) is 1.33. The molecule has 0 radical (unpaired) electrons. The number of ether oxygens (including phenoxy) is 1. The second-order valence-corrected chi connectivity index (χ2v) is 6.73. The van der Waals surface area contributed by atoms with Crippen LogP contribution in [0.15, 0.2) is 24.3 Å². The minimum atomic E-state index is -0.410. The molecule has 0 aliphatic carbocycles. The van der Waals surface area contributed by atoms with E-state index in [9.17, 15) is 9.59 Å². The van der Waals surface area contributed by atoms with Gasteiger partial charge in [-0.3, -0.25) is 4.90 Å². The molecule has 0 saturated carbocycles. The Morgan fingerprint density at radius 3 is 2.64 bits per heavy atom. The molecule has 7 nitrogen and oxygen atoms in total. The van der Waals surface area contributed by atoms with Gasteiger partial charge in [0, 0.05) is 51.0 Å². The topological polar surface area (TPSA) is 65.1 Å². The Bertz CT molecular complexity index is 629. The largest absolute Gasteiger partial charge is 0.465 e. The maximum Gasteiger partial charge on any atom is 0.337 e. The summed E-state index contributed by atoms with van der Waals surface area (Å²) in [6.45, 7) is 5.83. The molecule has 1 N–H and O–H groups in total. The normalized spacial score (nSPS) is 22.0. The molecule has 2 saturated heterocycles. The fourth-order valence-corrected chi connectivity index (χ4v) is 3.46. The highest BCUT2D eigenvalue weighted by atomic mass is 16.5. The van der Waals surface area contributed by atoms with Gasteiger partial charge in [-0.25, -0.2) is 9.59 Å². The highest BCUT2D eigenvalue weighted by Crippen LogP contribution is 2.19. The van der Waals surface area contributed by atoms with E-state index in [1.54, 1.807) is 24.3 Å². The van der Waals surface area contributed by atoms with Gasteiger partial charge in [-0.05, 0) is 31.7 Å². The lowest BCUT2D eigenvalue weighted by Gasteiger charge is -2.36. The first-order valence-electron chi connectivity index (χ1n) is 8.73. The SMILES string of the molecule is COC(=O)c1cccc(NC(=O)N2CC[C@H](N3CCN(C)CC3)C2)c1. The van der Waals surface area contributed by atoms with Crippen molar-refractivity contribution in [3.63, 3.8) is 0 Å². The molecule has 2 heterocycles. The lowest BCUT2D eigenvalue weighted by Crippen LogP contribution is -2.50. The van der Waals surface area contributed by atoms with Crippen LogP contribution in [0.2, 0.25) is 0 Å². The molecule has 2 fully saturated rings. The molecule has 1 aromatic rings. The minimum Gasteiger partial charge on any atom is -0.465 e. The molecule has 0 unspecified atom stereocenters. The van der Waals surface area contributed by atoms with E-state index in [1.807, 2.05) is 4.90 Å². The van der Waals surface area contributed by atoms with Gasteiger partial charge in [0.2, 0.25) is 0 Å². The Morgan fingerprint density at radius 2 is 1.92 bits per heavy atom. The number of benzene rings is 1. The van der Waals surface area contributed by atoms with E-state index in [1.165, 1.54) is 7.11 Å². The van der Waals surface area contributed by atoms with E-state index < -0.39 is 5.97 Å². The van der Waals surface area contributed by atoms with Crippen LogP contribution in [0.1, 0.15) is 16.8 Å². The third-order valence-corrected chi connectivity index (χ3v) is 5.04. The number of likely N-dealkylation sites (N-methyl/N-ethyl adjacent to an activating group) is 1. The molecular formula is C18H26N4O3. The van der Waals surface area contributed by atoms with Crippen LogP contribution in [0.25, 0.3) is 0 Å². The monoisotopic (exact) mass is 346 g/mol. The van der Waals surface area contributed by atoms with Crippen molar-refractivity contribution in [3.05, 3.63) is 29.8 Å². The Kier molecular flexibility index (Phi) is 5.55. The molecule has 3 rings (SSSR count). The molecule has 1 aromatic carbocycles. The molecule has 2 aliphatic heterocycles. The molecule has 0 aromatic heterocycles. The molecular weight excluding hydrogens is 320 g/mol. The first kappa shape index (κ1) is 17.7. The molecule has 1 atom stereocenters. The van der Waals surface area contributed by atoms with E-state index in [0.717, 1.165) is 45.7 Å². The maximum absolute atomic E-state index is 12.5. The number of hydrogen-bond donors (Lipinski definition) is 1. The maximum atomic E-state index is 12.5. The number of rotatable bonds is 3. The average Bonchev–Trinajstić information content (AvgIpc) is 3.12. The summed E-state index contributed by atoms with van der Waals surface area (Å²) >= 11 is 0. The van der Waals surface area contributed by atoms with Crippen molar-refractivity contribution in [3.8, 4) is 0 Å². The number of nitrogens with one attached hydrogen (secondary N) is 1. The summed E-state index contributed by atoms with van der Waals surface area (Å²) < 4.78 is 4.71. The Morgan fingerprint density at radius 1 is 1.16 bits per heavy atom. The van der Waals surface area contributed by atoms with Gasteiger partial charge in [0.25, 0.3) is 0 Å². The second kappa shape index (κ2) is 7.84. The Hall–Kier alpha value is -2.12. The number of carbonyl (C=O) groups is 2. The molecule has 25 heavy (non-hydrogen) atoms. The molecule has 7 heteroatoms. The number of esters is 1. The number of piperazine rings is 1. The minimum absolute atomic E-state index is 0.112. The number of likely N-dealkylation sites (tertiary alicyclic amines) is 1. The van der Waals surface area contributed by atoms with Crippen molar-refractivity contribution in [2.75, 3.05) is 58.7 Å². The van der Waals surface area contributed by atoms with E-state index in [4.69, 9.17) is 4.74 Å². The molecule has 0 bridgehead atoms. The Balaban J connectivity index is 1.55. The fraction of sp³-hybridized carbons (Fsp3) is 0.556. The zero-order valence-electron chi connectivity index (χ0n) is 14.9. The van der Waals surface area contributed by atoms with Crippen molar-refractivity contribution in [1.29, 1.82) is 0 Å². The standard InChI is InChI=1S/C18H26N4O3/c1-20-8-10-21(11-9-20)16-6-7-22(13-16)18(24)19-15-5-3-4-14(12-15)17(23)25-2/h3-5,12,16H,6-11,13H2,1-2H3,(H,19,24)/t16-/m0/s1. The predicted molar refractivity (Wildman–Crippen MR) is 95.8 cm³/mol. The van der Waals surface area contributed by atoms with Gasteiger partial charge in [0.15, 0.2) is 0 Å². The highest BCUT2D eigenvalue weighted by molar-refractivity contribution is 5.94. The van der Waals surface area contributed by atoms with Crippen LogP contribution in [-0.2, 0) is 4.74 Å². The van der Waals surface area contributed by atoms with Crippen LogP contribution in [0.5, 0.6) is 0 Å². The van der Waals surface area contributed by atoms with Crippen molar-refractivity contribution < 1.29 is 14.3 Å². The van der Waals surface area contributed by atoms with Crippen LogP contribution >= 0.6 is 0 Å². The van der Waals surface area contributed by atoms with Gasteiger partial charge in [-0.2, -0.15) is 0 Å². The average molecular weight is 346 g/mol. The summed E-state index contributed by atoms with van der Waals surface area (Å²) in [6.07, 6.45) is 1.01. The van der Waals surface area contributed by atoms with Gasteiger partial charge in [0.05, 0.1) is 12.7 Å². The van der Waals surface area contributed by atoms with E-state index in [-0.39, 0.29) is 6.03 Å². The number of urea groups is 1. The van der Waals surface area contributed by atoms with Gasteiger partial charge in [-0.1, -0.05) is 6.07 Å². The number of amides is 2. The molecule has 136 valence electrons. The van der Waals surface area contributed by atoms with Crippen molar-refractivity contribution in [2.45, 2.75) is 12.5 Å². The molecule has 0 spiro atoms. The van der Waals surface area contributed by atoms with Crippen LogP contribution in [-0.4, -0.2) is 86.2 Å². The zero-order valence-corrected chi connectivity index (χ0v) is 14.9. The lowest BCUT2D eigenvalue weighted by atomic mass is 10.2. The lowest BCUT2D eigenvalue weighted by molar-refractivity contribution is 0.0600. The summed E-state index contributed by atoms with van der Waals surface area (Å²) in [7, 11) is 3.49. The fourth-order valence-electron chi connectivity index (χ4n) is 3.46. The number of anilines is 1. The molecule has 2 amide bonds. The van der Waals surface area contributed by atoms with Gasteiger partial charge in [0.1, 0.15) is 0 Å². The summed E-state index contributed by atoms with van der Waals surface area (Å²) in [5.74, 6) is -0.410. The zero-order chi connectivity index (χ0) is 17.8. The van der Waals surface area contributed by atoms with Gasteiger partial charge >= 0.3 is 12.0 Å². The van der Waals surface area contributed by atoms with Crippen LogP contribution in [0.4, 0.5) is 10.5 Å². The first-order valence-corrected chi connectivity index (χ1v) is 8.73. The number of nitrogens with zero attached hydrogens (tertiary/aromatic N) is 3. The molecule has 2 aliphatic rings. The quantitative estimate of drug-likeness (QED) is 0.837. The summed E-state index contributed by atoms with van der Waals surface area (Å²) in [5.41, 5.74) is 1.04. The van der Waals surface area contributed by atoms with Crippen LogP contribution in [0.3, 0.4) is 0 Å². The van der Waals surface area contributed by atoms with Crippen molar-refractivity contribution >= 4 is 17.7 Å². The first-order chi connectivity index (χ1) is 12.1. The van der Waals surface area contributed by atoms with Crippen LogP contribution in [0, 0.1) is 0 Å².